The molecule has 0 aliphatic rings. The molecule has 0 atom stereocenters. The first-order valence-corrected chi connectivity index (χ1v) is 11.2. The molecule has 0 unspecified atom stereocenters. The van der Waals surface area contributed by atoms with Crippen molar-refractivity contribution in [2.75, 3.05) is 24.2 Å². The number of hydrogen-bond acceptors (Lipinski definition) is 3. The molecule has 1 aromatic rings. The van der Waals surface area contributed by atoms with Crippen molar-refractivity contribution in [3.8, 4) is 0 Å². The normalized spacial score (nSPS) is 11.8. The van der Waals surface area contributed by atoms with Gasteiger partial charge in [0.2, 0.25) is 0 Å². The zero-order chi connectivity index (χ0) is 15.4. The van der Waals surface area contributed by atoms with Crippen LogP contribution in [0.4, 0.5) is 0 Å². The Labute approximate surface area is 143 Å². The van der Waals surface area contributed by atoms with E-state index in [-0.39, 0.29) is 0 Å². The molecule has 120 valence electrons. The van der Waals surface area contributed by atoms with Crippen LogP contribution in [0, 0.1) is 0 Å². The third-order valence-corrected chi connectivity index (χ3v) is 6.45. The molecular weight excluding hydrogens is 395 g/mol. The van der Waals surface area contributed by atoms with Crippen molar-refractivity contribution in [3.05, 3.63) is 35.9 Å². The topological polar surface area (TPSA) is 27.7 Å². The Morgan fingerprint density at radius 2 is 1.48 bits per heavy atom. The number of halogens is 1. The summed E-state index contributed by atoms with van der Waals surface area (Å²) in [5.41, 5.74) is 1.23. The minimum Gasteiger partial charge on any atom is -0.373 e. The highest BCUT2D eigenvalue weighted by Crippen LogP contribution is 2.18. The van der Waals surface area contributed by atoms with E-state index in [9.17, 15) is 0 Å². The monoisotopic (exact) mass is 422 g/mol. The van der Waals surface area contributed by atoms with Crippen LogP contribution in [-0.2, 0) is 19.3 Å². The van der Waals surface area contributed by atoms with E-state index in [1.807, 2.05) is 6.07 Å². The van der Waals surface area contributed by atoms with Gasteiger partial charge in [-0.05, 0) is 24.8 Å². The van der Waals surface area contributed by atoms with Crippen molar-refractivity contribution in [1.29, 1.82) is 0 Å². The first-order chi connectivity index (χ1) is 10.3. The fourth-order valence-electron chi connectivity index (χ4n) is 1.92. The summed E-state index contributed by atoms with van der Waals surface area (Å²) < 4.78 is 19.5. The number of alkyl halides is 1. The lowest BCUT2D eigenvalue weighted by Gasteiger charge is -2.29. The van der Waals surface area contributed by atoms with Gasteiger partial charge < -0.3 is 13.3 Å². The van der Waals surface area contributed by atoms with E-state index < -0.39 is 8.80 Å². The lowest BCUT2D eigenvalue weighted by molar-refractivity contribution is 0.0586. The summed E-state index contributed by atoms with van der Waals surface area (Å²) in [7, 11) is -2.62. The van der Waals surface area contributed by atoms with Crippen molar-refractivity contribution < 1.29 is 13.3 Å². The van der Waals surface area contributed by atoms with Crippen LogP contribution in [0.5, 0.6) is 0 Å². The number of rotatable bonds is 12. The van der Waals surface area contributed by atoms with Gasteiger partial charge in [0.25, 0.3) is 0 Å². The maximum absolute atomic E-state index is 6.17. The first-order valence-electron chi connectivity index (χ1n) is 7.78. The Kier molecular flexibility index (Phi) is 10.5. The Bertz CT molecular complexity index is 354. The number of benzene rings is 1. The molecule has 0 radical (unpaired) electrons. The molecule has 0 N–H and O–H groups in total. The SMILES string of the molecule is CCCO[Si](Cc1ccccc1)(OCCC)OCCCI. The molecule has 0 aliphatic heterocycles. The molecular formula is C16H27IO3Si. The summed E-state index contributed by atoms with van der Waals surface area (Å²) >= 11 is 2.37. The average Bonchev–Trinajstić information content (AvgIpc) is 2.52. The highest BCUT2D eigenvalue weighted by molar-refractivity contribution is 14.1. The minimum absolute atomic E-state index is 0.701. The van der Waals surface area contributed by atoms with Gasteiger partial charge >= 0.3 is 8.80 Å². The second-order valence-electron chi connectivity index (χ2n) is 4.93. The van der Waals surface area contributed by atoms with Gasteiger partial charge in [-0.2, -0.15) is 0 Å². The van der Waals surface area contributed by atoms with Gasteiger partial charge in [-0.3, -0.25) is 0 Å². The van der Waals surface area contributed by atoms with Gasteiger partial charge in [0.1, 0.15) is 0 Å². The van der Waals surface area contributed by atoms with Gasteiger partial charge in [-0.15, -0.1) is 0 Å². The van der Waals surface area contributed by atoms with Gasteiger partial charge in [0.15, 0.2) is 0 Å². The van der Waals surface area contributed by atoms with Crippen LogP contribution in [0.1, 0.15) is 38.7 Å². The molecule has 3 nitrogen and oxygen atoms in total. The molecule has 0 saturated heterocycles. The molecule has 0 aromatic heterocycles. The summed E-state index contributed by atoms with van der Waals surface area (Å²) in [5, 5.41) is 0. The molecule has 1 rings (SSSR count). The molecule has 21 heavy (non-hydrogen) atoms. The molecule has 0 saturated carbocycles. The van der Waals surface area contributed by atoms with Crippen LogP contribution in [0.3, 0.4) is 0 Å². The van der Waals surface area contributed by atoms with E-state index in [1.165, 1.54) is 5.56 Å². The number of hydrogen-bond donors (Lipinski definition) is 0. The molecule has 0 fully saturated rings. The van der Waals surface area contributed by atoms with Gasteiger partial charge in [-0.25, -0.2) is 0 Å². The van der Waals surface area contributed by atoms with E-state index in [4.69, 9.17) is 13.3 Å². The van der Waals surface area contributed by atoms with E-state index in [0.717, 1.165) is 36.3 Å². The fraction of sp³-hybridized carbons (Fsp3) is 0.625. The van der Waals surface area contributed by atoms with E-state index in [2.05, 4.69) is 60.7 Å². The van der Waals surface area contributed by atoms with E-state index in [0.29, 0.717) is 13.2 Å². The summed E-state index contributed by atoms with van der Waals surface area (Å²) in [6.07, 6.45) is 3.00. The van der Waals surface area contributed by atoms with Crippen LogP contribution in [0.25, 0.3) is 0 Å². The van der Waals surface area contributed by atoms with E-state index >= 15 is 0 Å². The largest absolute Gasteiger partial charge is 0.505 e. The summed E-state index contributed by atoms with van der Waals surface area (Å²) in [6.45, 7) is 6.36. The zero-order valence-electron chi connectivity index (χ0n) is 13.1. The third kappa shape index (κ3) is 7.74. The molecule has 0 spiro atoms. The fourth-order valence-corrected chi connectivity index (χ4v) is 5.01. The highest BCUT2D eigenvalue weighted by Gasteiger charge is 2.41. The van der Waals surface area contributed by atoms with Crippen molar-refractivity contribution in [3.63, 3.8) is 0 Å². The zero-order valence-corrected chi connectivity index (χ0v) is 16.3. The van der Waals surface area contributed by atoms with E-state index in [1.54, 1.807) is 0 Å². The predicted octanol–water partition coefficient (Wildman–Crippen LogP) is 4.40. The quantitative estimate of drug-likeness (QED) is 0.216. The van der Waals surface area contributed by atoms with Crippen molar-refractivity contribution in [1.82, 2.24) is 0 Å². The third-order valence-electron chi connectivity index (χ3n) is 2.92. The van der Waals surface area contributed by atoms with Crippen molar-refractivity contribution >= 4 is 31.4 Å². The molecule has 0 heterocycles. The van der Waals surface area contributed by atoms with Gasteiger partial charge in [-0.1, -0.05) is 66.8 Å². The molecule has 0 bridgehead atoms. The van der Waals surface area contributed by atoms with Crippen molar-refractivity contribution in [2.45, 2.75) is 39.2 Å². The minimum atomic E-state index is -2.62. The predicted molar refractivity (Wildman–Crippen MR) is 97.8 cm³/mol. The Morgan fingerprint density at radius 1 is 0.905 bits per heavy atom. The van der Waals surface area contributed by atoms with Crippen LogP contribution >= 0.6 is 22.6 Å². The summed E-state index contributed by atoms with van der Waals surface area (Å²) in [4.78, 5) is 0. The summed E-state index contributed by atoms with van der Waals surface area (Å²) in [6, 6.07) is 11.1. The van der Waals surface area contributed by atoms with Crippen LogP contribution in [0.15, 0.2) is 30.3 Å². The highest BCUT2D eigenvalue weighted by atomic mass is 127. The maximum Gasteiger partial charge on any atom is 0.505 e. The Morgan fingerprint density at radius 3 is 2.00 bits per heavy atom. The second-order valence-corrected chi connectivity index (χ2v) is 8.60. The standard InChI is InChI=1S/C16H27IO3Si/c1-3-12-18-21(19-13-4-2,20-14-8-11-17)15-16-9-6-5-7-10-16/h5-7,9-10H,3-4,8,11-15H2,1-2H3. The van der Waals surface area contributed by atoms with Crippen LogP contribution in [0.2, 0.25) is 0 Å². The average molecular weight is 422 g/mol. The van der Waals surface area contributed by atoms with Crippen LogP contribution in [-0.4, -0.2) is 33.1 Å². The lowest BCUT2D eigenvalue weighted by Crippen LogP contribution is -2.49. The van der Waals surface area contributed by atoms with Gasteiger partial charge in [0, 0.05) is 30.3 Å². The molecule has 1 aromatic carbocycles. The molecule has 5 heteroatoms. The van der Waals surface area contributed by atoms with Crippen molar-refractivity contribution in [2.24, 2.45) is 0 Å². The smallest absolute Gasteiger partial charge is 0.373 e. The molecule has 0 amide bonds. The molecule has 0 aliphatic carbocycles. The van der Waals surface area contributed by atoms with Gasteiger partial charge in [0.05, 0.1) is 0 Å². The van der Waals surface area contributed by atoms with Crippen LogP contribution < -0.4 is 0 Å². The Hall–Kier alpha value is 0.0469. The lowest BCUT2D eigenvalue weighted by atomic mass is 10.2. The second kappa shape index (κ2) is 11.6. The Balaban J connectivity index is 2.79. The maximum atomic E-state index is 6.17. The first kappa shape index (κ1) is 19.1. The summed E-state index contributed by atoms with van der Waals surface area (Å²) in [5.74, 6) is 0.